The molecule has 0 N–H and O–H groups in total. The number of Topliss-reactive ketones (excluding diaryl/α,β-unsaturated/α-hetero) is 1. The van der Waals surface area contributed by atoms with E-state index in [9.17, 15) is 9.59 Å². The number of piperidine rings is 1. The molecule has 1 aromatic rings. The first-order valence-electron chi connectivity index (χ1n) is 7.03. The van der Waals surface area contributed by atoms with E-state index in [1.54, 1.807) is 4.90 Å². The molecular formula is C16H21NO3. The highest BCUT2D eigenvalue weighted by Gasteiger charge is 2.32. The maximum Gasteiger partial charge on any atom is 0.254 e. The van der Waals surface area contributed by atoms with Gasteiger partial charge in [0.25, 0.3) is 5.91 Å². The van der Waals surface area contributed by atoms with E-state index in [4.69, 9.17) is 4.74 Å². The molecule has 1 amide bonds. The number of amides is 1. The lowest BCUT2D eigenvalue weighted by Crippen LogP contribution is -2.49. The number of rotatable bonds is 4. The summed E-state index contributed by atoms with van der Waals surface area (Å²) in [4.78, 5) is 26.5. The maximum atomic E-state index is 12.7. The SMILES string of the molecule is COCC(=O)C1CCCCN1C(=O)c1ccccc1C. The van der Waals surface area contributed by atoms with Gasteiger partial charge in [-0.05, 0) is 37.8 Å². The van der Waals surface area contributed by atoms with Crippen LogP contribution in [0.4, 0.5) is 0 Å². The molecule has 1 aliphatic rings. The van der Waals surface area contributed by atoms with Gasteiger partial charge in [-0.3, -0.25) is 9.59 Å². The molecule has 0 saturated carbocycles. The summed E-state index contributed by atoms with van der Waals surface area (Å²) >= 11 is 0. The Bertz CT molecular complexity index is 498. The Morgan fingerprint density at radius 3 is 2.75 bits per heavy atom. The highest BCUT2D eigenvalue weighted by atomic mass is 16.5. The second kappa shape index (κ2) is 6.66. The summed E-state index contributed by atoms with van der Waals surface area (Å²) in [5.74, 6) is -0.0496. The Morgan fingerprint density at radius 1 is 1.30 bits per heavy atom. The lowest BCUT2D eigenvalue weighted by Gasteiger charge is -2.35. The molecule has 0 bridgehead atoms. The van der Waals surface area contributed by atoms with Crippen molar-refractivity contribution in [2.75, 3.05) is 20.3 Å². The van der Waals surface area contributed by atoms with Crippen molar-refractivity contribution in [3.8, 4) is 0 Å². The molecule has 0 spiro atoms. The fourth-order valence-electron chi connectivity index (χ4n) is 2.72. The number of hydrogen-bond acceptors (Lipinski definition) is 3. The molecule has 1 heterocycles. The van der Waals surface area contributed by atoms with E-state index in [0.717, 1.165) is 24.8 Å². The Hall–Kier alpha value is -1.68. The Balaban J connectivity index is 2.22. The van der Waals surface area contributed by atoms with Crippen LogP contribution in [0.15, 0.2) is 24.3 Å². The standard InChI is InChI=1S/C16H21NO3/c1-12-7-3-4-8-13(12)16(19)17-10-6-5-9-14(17)15(18)11-20-2/h3-4,7-8,14H,5-6,9-11H2,1-2H3. The fourth-order valence-corrected chi connectivity index (χ4v) is 2.72. The smallest absolute Gasteiger partial charge is 0.254 e. The number of nitrogens with zero attached hydrogens (tertiary/aromatic N) is 1. The van der Waals surface area contributed by atoms with Crippen LogP contribution < -0.4 is 0 Å². The molecule has 0 aliphatic carbocycles. The quantitative estimate of drug-likeness (QED) is 0.846. The van der Waals surface area contributed by atoms with Gasteiger partial charge in [0.2, 0.25) is 0 Å². The number of methoxy groups -OCH3 is 1. The molecule has 4 nitrogen and oxygen atoms in total. The van der Waals surface area contributed by atoms with Crippen LogP contribution in [0.5, 0.6) is 0 Å². The molecule has 1 aromatic carbocycles. The van der Waals surface area contributed by atoms with Gasteiger partial charge in [-0.15, -0.1) is 0 Å². The van der Waals surface area contributed by atoms with Gasteiger partial charge in [-0.1, -0.05) is 18.2 Å². The third kappa shape index (κ3) is 3.07. The van der Waals surface area contributed by atoms with Crippen molar-refractivity contribution in [1.82, 2.24) is 4.90 Å². The van der Waals surface area contributed by atoms with Crippen LogP contribution in [0.25, 0.3) is 0 Å². The summed E-state index contributed by atoms with van der Waals surface area (Å²) < 4.78 is 4.93. The van der Waals surface area contributed by atoms with Crippen LogP contribution in [0.1, 0.15) is 35.2 Å². The zero-order chi connectivity index (χ0) is 14.5. The van der Waals surface area contributed by atoms with Crippen LogP contribution in [0.2, 0.25) is 0 Å². The predicted molar refractivity (Wildman–Crippen MR) is 76.7 cm³/mol. The minimum atomic E-state index is -0.337. The van der Waals surface area contributed by atoms with Gasteiger partial charge in [-0.25, -0.2) is 0 Å². The van der Waals surface area contributed by atoms with E-state index in [1.165, 1.54) is 7.11 Å². The summed E-state index contributed by atoms with van der Waals surface area (Å²) in [6.07, 6.45) is 2.67. The van der Waals surface area contributed by atoms with Gasteiger partial charge < -0.3 is 9.64 Å². The van der Waals surface area contributed by atoms with Crippen molar-refractivity contribution in [3.05, 3.63) is 35.4 Å². The van der Waals surface area contributed by atoms with Gasteiger partial charge >= 0.3 is 0 Å². The van der Waals surface area contributed by atoms with Gasteiger partial charge in [0.15, 0.2) is 5.78 Å². The Labute approximate surface area is 119 Å². The summed E-state index contributed by atoms with van der Waals surface area (Å²) in [6, 6.07) is 7.18. The van der Waals surface area contributed by atoms with E-state index in [0.29, 0.717) is 12.1 Å². The Kier molecular flexibility index (Phi) is 4.90. The number of hydrogen-bond donors (Lipinski definition) is 0. The monoisotopic (exact) mass is 275 g/mol. The van der Waals surface area contributed by atoms with Crippen molar-refractivity contribution in [3.63, 3.8) is 0 Å². The van der Waals surface area contributed by atoms with Crippen molar-refractivity contribution in [1.29, 1.82) is 0 Å². The average molecular weight is 275 g/mol. The average Bonchev–Trinajstić information content (AvgIpc) is 2.47. The first-order valence-corrected chi connectivity index (χ1v) is 7.03. The van der Waals surface area contributed by atoms with Crippen molar-refractivity contribution in [2.24, 2.45) is 0 Å². The molecule has 1 saturated heterocycles. The van der Waals surface area contributed by atoms with Gasteiger partial charge in [0.05, 0.1) is 6.04 Å². The molecule has 0 aromatic heterocycles. The molecule has 1 aliphatic heterocycles. The van der Waals surface area contributed by atoms with Gasteiger partial charge in [0, 0.05) is 19.2 Å². The molecule has 4 heteroatoms. The van der Waals surface area contributed by atoms with Crippen LogP contribution >= 0.6 is 0 Å². The second-order valence-electron chi connectivity index (χ2n) is 5.22. The third-order valence-corrected chi connectivity index (χ3v) is 3.80. The molecule has 1 unspecified atom stereocenters. The van der Waals surface area contributed by atoms with E-state index in [2.05, 4.69) is 0 Å². The molecule has 1 fully saturated rings. The third-order valence-electron chi connectivity index (χ3n) is 3.80. The largest absolute Gasteiger partial charge is 0.377 e. The van der Waals surface area contributed by atoms with E-state index in [1.807, 2.05) is 31.2 Å². The topological polar surface area (TPSA) is 46.6 Å². The number of ether oxygens (including phenoxy) is 1. The van der Waals surface area contributed by atoms with Crippen LogP contribution in [0, 0.1) is 6.92 Å². The molecule has 1 atom stereocenters. The second-order valence-corrected chi connectivity index (χ2v) is 5.22. The van der Waals surface area contributed by atoms with E-state index in [-0.39, 0.29) is 24.3 Å². The molecule has 2 rings (SSSR count). The summed E-state index contributed by atoms with van der Waals surface area (Å²) in [7, 11) is 1.51. The molecule has 108 valence electrons. The minimum absolute atomic E-state index is 0.00543. The zero-order valence-corrected chi connectivity index (χ0v) is 12.1. The van der Waals surface area contributed by atoms with Crippen LogP contribution in [-0.4, -0.2) is 42.9 Å². The normalized spacial score (nSPS) is 18.9. The molecule has 20 heavy (non-hydrogen) atoms. The van der Waals surface area contributed by atoms with Crippen LogP contribution in [0.3, 0.4) is 0 Å². The molecular weight excluding hydrogens is 254 g/mol. The van der Waals surface area contributed by atoms with Gasteiger partial charge in [-0.2, -0.15) is 0 Å². The number of ketones is 1. The lowest BCUT2D eigenvalue weighted by atomic mass is 9.96. The highest BCUT2D eigenvalue weighted by molar-refractivity contribution is 5.99. The van der Waals surface area contributed by atoms with E-state index < -0.39 is 0 Å². The first kappa shape index (κ1) is 14.7. The number of likely N-dealkylation sites (tertiary alicyclic amines) is 1. The first-order chi connectivity index (χ1) is 9.65. The number of carbonyl (C=O) groups is 2. The number of benzene rings is 1. The van der Waals surface area contributed by atoms with Crippen molar-refractivity contribution < 1.29 is 14.3 Å². The zero-order valence-electron chi connectivity index (χ0n) is 12.1. The van der Waals surface area contributed by atoms with Crippen molar-refractivity contribution >= 4 is 11.7 Å². The Morgan fingerprint density at radius 2 is 2.05 bits per heavy atom. The fraction of sp³-hybridized carbons (Fsp3) is 0.500. The van der Waals surface area contributed by atoms with Crippen LogP contribution in [-0.2, 0) is 9.53 Å². The lowest BCUT2D eigenvalue weighted by molar-refractivity contribution is -0.128. The predicted octanol–water partition coefficient (Wildman–Crippen LogP) is 2.21. The van der Waals surface area contributed by atoms with Gasteiger partial charge in [0.1, 0.15) is 6.61 Å². The van der Waals surface area contributed by atoms with Crippen molar-refractivity contribution in [2.45, 2.75) is 32.2 Å². The molecule has 0 radical (unpaired) electrons. The maximum absolute atomic E-state index is 12.7. The summed E-state index contributed by atoms with van der Waals surface area (Å²) in [5, 5.41) is 0. The minimum Gasteiger partial charge on any atom is -0.377 e. The summed E-state index contributed by atoms with van der Waals surface area (Å²) in [6.45, 7) is 2.64. The number of aryl methyl sites for hydroxylation is 1. The number of carbonyl (C=O) groups excluding carboxylic acids is 2. The highest BCUT2D eigenvalue weighted by Crippen LogP contribution is 2.21. The summed E-state index contributed by atoms with van der Waals surface area (Å²) in [5.41, 5.74) is 1.63. The van der Waals surface area contributed by atoms with E-state index >= 15 is 0 Å².